The SMILES string of the molecule is CC(O)COC(C)COC(C)COC(=O)C(C#N)=CC#N. The molecule has 7 heteroatoms. The highest BCUT2D eigenvalue weighted by atomic mass is 16.6. The number of nitriles is 2. The van der Waals surface area contributed by atoms with E-state index in [4.69, 9.17) is 29.8 Å². The fourth-order valence-electron chi connectivity index (χ4n) is 1.17. The van der Waals surface area contributed by atoms with Gasteiger partial charge in [-0.05, 0) is 20.8 Å². The monoisotopic (exact) mass is 296 g/mol. The molecule has 0 rings (SSSR count). The number of hydrogen-bond acceptors (Lipinski definition) is 7. The van der Waals surface area contributed by atoms with Crippen molar-refractivity contribution in [2.75, 3.05) is 19.8 Å². The van der Waals surface area contributed by atoms with Crippen molar-refractivity contribution in [3.05, 3.63) is 11.6 Å². The third kappa shape index (κ3) is 9.58. The van der Waals surface area contributed by atoms with Gasteiger partial charge in [-0.25, -0.2) is 4.79 Å². The molecule has 0 aromatic carbocycles. The molecule has 0 aliphatic rings. The van der Waals surface area contributed by atoms with Gasteiger partial charge in [0.1, 0.15) is 18.2 Å². The van der Waals surface area contributed by atoms with Crippen molar-refractivity contribution in [1.82, 2.24) is 0 Å². The van der Waals surface area contributed by atoms with E-state index in [0.29, 0.717) is 0 Å². The summed E-state index contributed by atoms with van der Waals surface area (Å²) in [6.45, 7) is 5.59. The maximum Gasteiger partial charge on any atom is 0.349 e. The number of carbonyl (C=O) groups is 1. The zero-order valence-corrected chi connectivity index (χ0v) is 12.4. The molecule has 3 unspecified atom stereocenters. The molecule has 0 amide bonds. The first kappa shape index (κ1) is 19.1. The molecule has 7 nitrogen and oxygen atoms in total. The van der Waals surface area contributed by atoms with Crippen molar-refractivity contribution < 1.29 is 24.1 Å². The minimum absolute atomic E-state index is 0.0353. The Balaban J connectivity index is 3.98. The first-order valence-corrected chi connectivity index (χ1v) is 6.49. The zero-order valence-electron chi connectivity index (χ0n) is 12.4. The average molecular weight is 296 g/mol. The van der Waals surface area contributed by atoms with Gasteiger partial charge in [-0.3, -0.25) is 0 Å². The van der Waals surface area contributed by atoms with Crippen LogP contribution >= 0.6 is 0 Å². The second-order valence-corrected chi connectivity index (χ2v) is 4.53. The van der Waals surface area contributed by atoms with E-state index in [1.807, 2.05) is 0 Å². The molecule has 21 heavy (non-hydrogen) atoms. The molecule has 0 aromatic heterocycles. The van der Waals surface area contributed by atoms with Crippen molar-refractivity contribution in [3.63, 3.8) is 0 Å². The second-order valence-electron chi connectivity index (χ2n) is 4.53. The van der Waals surface area contributed by atoms with E-state index >= 15 is 0 Å². The summed E-state index contributed by atoms with van der Waals surface area (Å²) >= 11 is 0. The van der Waals surface area contributed by atoms with E-state index in [0.717, 1.165) is 6.08 Å². The molecule has 0 bridgehead atoms. The molecule has 0 aromatic rings. The quantitative estimate of drug-likeness (QED) is 0.378. The summed E-state index contributed by atoms with van der Waals surface area (Å²) < 4.78 is 15.6. The fraction of sp³-hybridized carbons (Fsp3) is 0.643. The zero-order chi connectivity index (χ0) is 16.3. The highest BCUT2D eigenvalue weighted by Gasteiger charge is 2.14. The number of aliphatic hydroxyl groups is 1. The normalized spacial score (nSPS) is 15.4. The standard InChI is InChI=1S/C14H20N2O5/c1-10(17)7-19-11(2)8-20-12(3)9-21-14(18)13(6-16)4-5-15/h4,10-12,17H,7-9H2,1-3H3. The molecule has 0 saturated carbocycles. The Morgan fingerprint density at radius 1 is 1.14 bits per heavy atom. The predicted octanol–water partition coefficient (Wildman–Crippen LogP) is 0.694. The van der Waals surface area contributed by atoms with Crippen molar-refractivity contribution in [1.29, 1.82) is 10.5 Å². The number of allylic oxidation sites excluding steroid dienone is 1. The van der Waals surface area contributed by atoms with Crippen molar-refractivity contribution >= 4 is 5.97 Å². The summed E-state index contributed by atoms with van der Waals surface area (Å²) in [4.78, 5) is 11.4. The molecule has 0 spiro atoms. The van der Waals surface area contributed by atoms with Gasteiger partial charge in [-0.15, -0.1) is 0 Å². The van der Waals surface area contributed by atoms with E-state index in [-0.39, 0.29) is 37.6 Å². The van der Waals surface area contributed by atoms with Crippen LogP contribution in [-0.2, 0) is 19.0 Å². The van der Waals surface area contributed by atoms with Crippen molar-refractivity contribution in [2.24, 2.45) is 0 Å². The van der Waals surface area contributed by atoms with Crippen LogP contribution in [0.2, 0.25) is 0 Å². The maximum absolute atomic E-state index is 11.4. The number of ether oxygens (including phenoxy) is 3. The highest BCUT2D eigenvalue weighted by Crippen LogP contribution is 2.01. The van der Waals surface area contributed by atoms with E-state index in [1.165, 1.54) is 0 Å². The lowest BCUT2D eigenvalue weighted by molar-refractivity contribution is -0.143. The van der Waals surface area contributed by atoms with Crippen LogP contribution < -0.4 is 0 Å². The van der Waals surface area contributed by atoms with E-state index in [2.05, 4.69) is 0 Å². The van der Waals surface area contributed by atoms with Crippen LogP contribution in [0.1, 0.15) is 20.8 Å². The highest BCUT2D eigenvalue weighted by molar-refractivity contribution is 5.93. The lowest BCUT2D eigenvalue weighted by Crippen LogP contribution is -2.26. The number of nitrogens with zero attached hydrogens (tertiary/aromatic N) is 2. The topological polar surface area (TPSA) is 113 Å². The fourth-order valence-corrected chi connectivity index (χ4v) is 1.17. The molecule has 0 aliphatic heterocycles. The summed E-state index contributed by atoms with van der Waals surface area (Å²) in [6, 6.07) is 3.18. The van der Waals surface area contributed by atoms with E-state index < -0.39 is 12.1 Å². The summed E-state index contributed by atoms with van der Waals surface area (Å²) in [5.41, 5.74) is -0.349. The van der Waals surface area contributed by atoms with Gasteiger partial charge in [0.2, 0.25) is 0 Å². The predicted molar refractivity (Wildman–Crippen MR) is 72.8 cm³/mol. The van der Waals surface area contributed by atoms with Crippen LogP contribution in [0.25, 0.3) is 0 Å². The molecule has 116 valence electrons. The Bertz CT molecular complexity index is 434. The van der Waals surface area contributed by atoms with E-state index in [1.54, 1.807) is 32.9 Å². The number of hydrogen-bond donors (Lipinski definition) is 1. The van der Waals surface area contributed by atoms with E-state index in [9.17, 15) is 4.79 Å². The Morgan fingerprint density at radius 2 is 1.71 bits per heavy atom. The molecule has 0 fully saturated rings. The Labute approximate surface area is 124 Å². The number of aliphatic hydroxyl groups excluding tert-OH is 1. The van der Waals surface area contributed by atoms with Gasteiger partial charge in [0.25, 0.3) is 0 Å². The van der Waals surface area contributed by atoms with Crippen molar-refractivity contribution in [3.8, 4) is 12.1 Å². The Kier molecular flexibility index (Phi) is 9.82. The molecular weight excluding hydrogens is 276 g/mol. The third-order valence-corrected chi connectivity index (χ3v) is 2.24. The summed E-state index contributed by atoms with van der Waals surface area (Å²) in [7, 11) is 0. The minimum Gasteiger partial charge on any atom is -0.459 e. The van der Waals surface area contributed by atoms with Crippen LogP contribution in [0, 0.1) is 22.7 Å². The van der Waals surface area contributed by atoms with Gasteiger partial charge < -0.3 is 19.3 Å². The second kappa shape index (κ2) is 10.8. The molecular formula is C14H20N2O5. The molecule has 0 radical (unpaired) electrons. The van der Waals surface area contributed by atoms with Crippen LogP contribution in [-0.4, -0.2) is 49.2 Å². The lowest BCUT2D eigenvalue weighted by atomic mass is 10.3. The molecule has 0 heterocycles. The molecule has 1 N–H and O–H groups in total. The van der Waals surface area contributed by atoms with Crippen LogP contribution in [0.3, 0.4) is 0 Å². The van der Waals surface area contributed by atoms with Crippen LogP contribution in [0.15, 0.2) is 11.6 Å². The first-order valence-electron chi connectivity index (χ1n) is 6.49. The number of esters is 1. The summed E-state index contributed by atoms with van der Waals surface area (Å²) in [5.74, 6) is -0.854. The van der Waals surface area contributed by atoms with Gasteiger partial charge in [0.05, 0.1) is 37.6 Å². The van der Waals surface area contributed by atoms with Gasteiger partial charge in [-0.2, -0.15) is 10.5 Å². The van der Waals surface area contributed by atoms with Crippen LogP contribution in [0.4, 0.5) is 0 Å². The van der Waals surface area contributed by atoms with Crippen molar-refractivity contribution in [2.45, 2.75) is 39.1 Å². The summed E-state index contributed by atoms with van der Waals surface area (Å²) in [6.07, 6.45) is -0.290. The number of carbonyl (C=O) groups excluding carboxylic acids is 1. The third-order valence-electron chi connectivity index (χ3n) is 2.24. The first-order chi connectivity index (χ1) is 9.90. The van der Waals surface area contributed by atoms with Gasteiger partial charge in [0, 0.05) is 6.08 Å². The van der Waals surface area contributed by atoms with Gasteiger partial charge in [0.15, 0.2) is 0 Å². The maximum atomic E-state index is 11.4. The summed E-state index contributed by atoms with van der Waals surface area (Å²) in [5, 5.41) is 26.1. The Hall–Kier alpha value is -1.93. The molecule has 3 atom stereocenters. The van der Waals surface area contributed by atoms with Crippen LogP contribution in [0.5, 0.6) is 0 Å². The van der Waals surface area contributed by atoms with Gasteiger partial charge in [-0.1, -0.05) is 0 Å². The molecule has 0 saturated heterocycles. The largest absolute Gasteiger partial charge is 0.459 e. The minimum atomic E-state index is -0.854. The average Bonchev–Trinajstić information content (AvgIpc) is 2.45. The molecule has 0 aliphatic carbocycles. The Morgan fingerprint density at radius 3 is 2.24 bits per heavy atom. The van der Waals surface area contributed by atoms with Gasteiger partial charge >= 0.3 is 5.97 Å². The smallest absolute Gasteiger partial charge is 0.349 e. The lowest BCUT2D eigenvalue weighted by Gasteiger charge is -2.18. The number of rotatable bonds is 9.